The van der Waals surface area contributed by atoms with Gasteiger partial charge in [0, 0.05) is 0 Å². The third kappa shape index (κ3) is 3.07. The van der Waals surface area contributed by atoms with Crippen LogP contribution in [-0.4, -0.2) is 11.1 Å². The quantitative estimate of drug-likeness (QED) is 0.839. The van der Waals surface area contributed by atoms with Gasteiger partial charge in [0.05, 0.1) is 18.0 Å². The third-order valence-electron chi connectivity index (χ3n) is 1.84. The molecule has 0 saturated heterocycles. The van der Waals surface area contributed by atoms with Crippen molar-refractivity contribution in [3.05, 3.63) is 17.3 Å². The molecule has 2 N–H and O–H groups in total. The van der Waals surface area contributed by atoms with Gasteiger partial charge < -0.3 is 10.5 Å². The molecule has 1 aromatic rings. The summed E-state index contributed by atoms with van der Waals surface area (Å²) >= 11 is 5.91. The van der Waals surface area contributed by atoms with E-state index in [1.807, 2.05) is 6.92 Å². The molecule has 4 heteroatoms. The lowest BCUT2D eigenvalue weighted by Crippen LogP contribution is -2.12. The van der Waals surface area contributed by atoms with Crippen molar-refractivity contribution in [3.8, 4) is 5.88 Å². The molecule has 1 unspecified atom stereocenters. The average molecular weight is 215 g/mol. The van der Waals surface area contributed by atoms with Crippen LogP contribution >= 0.6 is 11.6 Å². The van der Waals surface area contributed by atoms with Crippen molar-refractivity contribution in [1.29, 1.82) is 0 Å². The molecule has 1 atom stereocenters. The monoisotopic (exact) mass is 214 g/mol. The number of pyridine rings is 1. The molecule has 0 radical (unpaired) electrons. The van der Waals surface area contributed by atoms with E-state index < -0.39 is 0 Å². The maximum Gasteiger partial charge on any atom is 0.232 e. The Balaban J connectivity index is 2.67. The first-order chi connectivity index (χ1) is 6.63. The van der Waals surface area contributed by atoms with Crippen LogP contribution in [0.4, 0.5) is 5.69 Å². The fourth-order valence-corrected chi connectivity index (χ4v) is 1.40. The summed E-state index contributed by atoms with van der Waals surface area (Å²) in [5, 5.41) is 0.466. The van der Waals surface area contributed by atoms with Gasteiger partial charge in [-0.05, 0) is 19.4 Å². The zero-order chi connectivity index (χ0) is 10.6. The second-order valence-corrected chi connectivity index (χ2v) is 3.68. The minimum atomic E-state index is 0.133. The second-order valence-electron chi connectivity index (χ2n) is 3.27. The molecule has 14 heavy (non-hydrogen) atoms. The minimum Gasteiger partial charge on any atom is -0.474 e. The second kappa shape index (κ2) is 5.05. The number of hydrogen-bond donors (Lipinski definition) is 1. The Morgan fingerprint density at radius 2 is 2.36 bits per heavy atom. The van der Waals surface area contributed by atoms with E-state index in [9.17, 15) is 0 Å². The standard InChI is InChI=1S/C10H15ClN2O/c1-3-4-7(2)14-10-9(11)5-8(12)6-13-10/h5-7H,3-4,12H2,1-2H3. The predicted molar refractivity (Wildman–Crippen MR) is 58.7 cm³/mol. The summed E-state index contributed by atoms with van der Waals surface area (Å²) in [5.74, 6) is 0.460. The van der Waals surface area contributed by atoms with E-state index in [-0.39, 0.29) is 6.10 Å². The van der Waals surface area contributed by atoms with Crippen molar-refractivity contribution in [2.24, 2.45) is 0 Å². The van der Waals surface area contributed by atoms with Crippen molar-refractivity contribution in [1.82, 2.24) is 4.98 Å². The normalized spacial score (nSPS) is 12.5. The number of halogens is 1. The van der Waals surface area contributed by atoms with E-state index >= 15 is 0 Å². The maximum atomic E-state index is 5.91. The molecule has 0 amide bonds. The fraction of sp³-hybridized carbons (Fsp3) is 0.500. The average Bonchev–Trinajstić information content (AvgIpc) is 2.10. The van der Waals surface area contributed by atoms with Crippen LogP contribution in [0.5, 0.6) is 5.88 Å². The smallest absolute Gasteiger partial charge is 0.232 e. The lowest BCUT2D eigenvalue weighted by Gasteiger charge is -2.13. The number of hydrogen-bond acceptors (Lipinski definition) is 3. The summed E-state index contributed by atoms with van der Waals surface area (Å²) in [4.78, 5) is 4.02. The van der Waals surface area contributed by atoms with Gasteiger partial charge in [-0.3, -0.25) is 0 Å². The van der Waals surface area contributed by atoms with E-state index in [0.29, 0.717) is 16.6 Å². The number of ether oxygens (including phenoxy) is 1. The Morgan fingerprint density at radius 3 is 2.93 bits per heavy atom. The number of anilines is 1. The Morgan fingerprint density at radius 1 is 1.64 bits per heavy atom. The predicted octanol–water partition coefficient (Wildman–Crippen LogP) is 2.88. The zero-order valence-electron chi connectivity index (χ0n) is 8.46. The highest BCUT2D eigenvalue weighted by Gasteiger charge is 2.07. The Kier molecular flexibility index (Phi) is 4.01. The first-order valence-corrected chi connectivity index (χ1v) is 5.09. The van der Waals surface area contributed by atoms with Gasteiger partial charge in [0.2, 0.25) is 5.88 Å². The summed E-state index contributed by atoms with van der Waals surface area (Å²) in [6.45, 7) is 4.11. The van der Waals surface area contributed by atoms with Crippen LogP contribution in [0.2, 0.25) is 5.02 Å². The molecule has 3 nitrogen and oxygen atoms in total. The summed E-state index contributed by atoms with van der Waals surface area (Å²) in [6, 6.07) is 1.64. The Bertz CT molecular complexity index is 304. The van der Waals surface area contributed by atoms with Gasteiger partial charge in [-0.15, -0.1) is 0 Å². The largest absolute Gasteiger partial charge is 0.474 e. The molecule has 0 aromatic carbocycles. The molecule has 1 heterocycles. The SMILES string of the molecule is CCCC(C)Oc1ncc(N)cc1Cl. The van der Waals surface area contributed by atoms with Gasteiger partial charge in [-0.1, -0.05) is 24.9 Å². The highest BCUT2D eigenvalue weighted by molar-refractivity contribution is 6.32. The molecular formula is C10H15ClN2O. The fourth-order valence-electron chi connectivity index (χ4n) is 1.18. The minimum absolute atomic E-state index is 0.133. The van der Waals surface area contributed by atoms with Gasteiger partial charge in [0.15, 0.2) is 0 Å². The number of nitrogens with zero attached hydrogens (tertiary/aromatic N) is 1. The molecule has 0 bridgehead atoms. The number of aromatic nitrogens is 1. The number of nitrogen functional groups attached to an aromatic ring is 1. The van der Waals surface area contributed by atoms with Crippen molar-refractivity contribution in [2.75, 3.05) is 5.73 Å². The summed E-state index contributed by atoms with van der Waals surface area (Å²) < 4.78 is 5.54. The van der Waals surface area contributed by atoms with Crippen LogP contribution in [0.25, 0.3) is 0 Å². The first-order valence-electron chi connectivity index (χ1n) is 4.71. The van der Waals surface area contributed by atoms with Crippen molar-refractivity contribution in [3.63, 3.8) is 0 Å². The van der Waals surface area contributed by atoms with Crippen molar-refractivity contribution in [2.45, 2.75) is 32.8 Å². The van der Waals surface area contributed by atoms with Crippen LogP contribution in [-0.2, 0) is 0 Å². The van der Waals surface area contributed by atoms with Gasteiger partial charge in [0.1, 0.15) is 5.02 Å². The van der Waals surface area contributed by atoms with E-state index in [1.165, 1.54) is 0 Å². The molecular weight excluding hydrogens is 200 g/mol. The molecule has 1 rings (SSSR count). The van der Waals surface area contributed by atoms with Crippen LogP contribution in [0.3, 0.4) is 0 Å². The maximum absolute atomic E-state index is 5.91. The molecule has 1 aromatic heterocycles. The van der Waals surface area contributed by atoms with Crippen LogP contribution in [0.1, 0.15) is 26.7 Å². The third-order valence-corrected chi connectivity index (χ3v) is 2.11. The summed E-state index contributed by atoms with van der Waals surface area (Å²) in [6.07, 6.45) is 3.74. The Hall–Kier alpha value is -0.960. The van der Waals surface area contributed by atoms with Crippen LogP contribution in [0, 0.1) is 0 Å². The molecule has 0 aliphatic carbocycles. The lowest BCUT2D eigenvalue weighted by molar-refractivity contribution is 0.202. The van der Waals surface area contributed by atoms with Gasteiger partial charge in [-0.2, -0.15) is 0 Å². The van der Waals surface area contributed by atoms with E-state index in [2.05, 4.69) is 11.9 Å². The highest BCUT2D eigenvalue weighted by atomic mass is 35.5. The Labute approximate surface area is 89.2 Å². The zero-order valence-corrected chi connectivity index (χ0v) is 9.21. The van der Waals surface area contributed by atoms with Gasteiger partial charge >= 0.3 is 0 Å². The van der Waals surface area contributed by atoms with Crippen LogP contribution < -0.4 is 10.5 Å². The molecule has 0 fully saturated rings. The summed E-state index contributed by atoms with van der Waals surface area (Å²) in [7, 11) is 0. The molecule has 0 saturated carbocycles. The topological polar surface area (TPSA) is 48.1 Å². The molecule has 78 valence electrons. The first kappa shape index (κ1) is 11.1. The van der Waals surface area contributed by atoms with Crippen molar-refractivity contribution >= 4 is 17.3 Å². The number of rotatable bonds is 4. The highest BCUT2D eigenvalue weighted by Crippen LogP contribution is 2.24. The molecule has 0 spiro atoms. The van der Waals surface area contributed by atoms with E-state index in [1.54, 1.807) is 12.3 Å². The van der Waals surface area contributed by atoms with Crippen molar-refractivity contribution < 1.29 is 4.74 Å². The summed E-state index contributed by atoms with van der Waals surface area (Å²) in [5.41, 5.74) is 6.06. The number of nitrogens with two attached hydrogens (primary N) is 1. The van der Waals surface area contributed by atoms with Gasteiger partial charge in [-0.25, -0.2) is 4.98 Å². The lowest BCUT2D eigenvalue weighted by atomic mass is 10.2. The molecule has 0 aliphatic heterocycles. The van der Waals surface area contributed by atoms with Gasteiger partial charge in [0.25, 0.3) is 0 Å². The van der Waals surface area contributed by atoms with Crippen LogP contribution in [0.15, 0.2) is 12.3 Å². The van der Waals surface area contributed by atoms with E-state index in [4.69, 9.17) is 22.1 Å². The van der Waals surface area contributed by atoms with E-state index in [0.717, 1.165) is 12.8 Å². The molecule has 0 aliphatic rings.